The zero-order valence-corrected chi connectivity index (χ0v) is 11.7. The number of hydrogen-bond acceptors (Lipinski definition) is 4. The Balaban J connectivity index is 2.06. The highest BCUT2D eigenvalue weighted by atomic mass is 35.5. The molecule has 0 amide bonds. The summed E-state index contributed by atoms with van der Waals surface area (Å²) >= 11 is 7.20. The second-order valence-corrected chi connectivity index (χ2v) is 8.52. The zero-order chi connectivity index (χ0) is 12.5. The first-order chi connectivity index (χ1) is 7.99. The second-order valence-electron chi connectivity index (χ2n) is 4.38. The molecular weight excluding hydrogens is 280 g/mol. The molecular formula is C11H15ClO3S2. The van der Waals surface area contributed by atoms with Crippen LogP contribution in [0.15, 0.2) is 12.1 Å². The van der Waals surface area contributed by atoms with E-state index in [1.165, 1.54) is 11.3 Å². The molecule has 0 saturated carbocycles. The number of sulfone groups is 1. The number of aliphatic hydroxyl groups excluding tert-OH is 1. The second kappa shape index (κ2) is 5.26. The maximum absolute atomic E-state index is 11.8. The quantitative estimate of drug-likeness (QED) is 0.930. The van der Waals surface area contributed by atoms with E-state index in [0.29, 0.717) is 17.2 Å². The monoisotopic (exact) mass is 294 g/mol. The minimum Gasteiger partial charge on any atom is -0.391 e. The molecule has 1 aliphatic rings. The van der Waals surface area contributed by atoms with Crippen molar-refractivity contribution in [1.29, 1.82) is 0 Å². The lowest BCUT2D eigenvalue weighted by atomic mass is 10.1. The van der Waals surface area contributed by atoms with Crippen LogP contribution in [0.4, 0.5) is 0 Å². The molecule has 0 aliphatic carbocycles. The summed E-state index contributed by atoms with van der Waals surface area (Å²) in [5, 5.41) is 9.46. The van der Waals surface area contributed by atoms with Crippen LogP contribution in [0.25, 0.3) is 0 Å². The van der Waals surface area contributed by atoms with E-state index >= 15 is 0 Å². The highest BCUT2D eigenvalue weighted by molar-refractivity contribution is 7.92. The maximum Gasteiger partial charge on any atom is 0.155 e. The van der Waals surface area contributed by atoms with E-state index < -0.39 is 21.2 Å². The van der Waals surface area contributed by atoms with Gasteiger partial charge in [0.05, 0.1) is 21.4 Å². The lowest BCUT2D eigenvalue weighted by molar-refractivity contribution is 0.163. The van der Waals surface area contributed by atoms with Crippen LogP contribution < -0.4 is 0 Å². The Bertz CT molecular complexity index is 481. The van der Waals surface area contributed by atoms with Crippen LogP contribution in [-0.4, -0.2) is 30.6 Å². The summed E-state index contributed by atoms with van der Waals surface area (Å²) in [5.74, 6) is 0.208. The molecule has 6 heteroatoms. The Kier molecular flexibility index (Phi) is 4.13. The van der Waals surface area contributed by atoms with Gasteiger partial charge in [0.1, 0.15) is 0 Å². The molecule has 1 saturated heterocycles. The Morgan fingerprint density at radius 1 is 1.47 bits per heavy atom. The fraction of sp³-hybridized carbons (Fsp3) is 0.636. The van der Waals surface area contributed by atoms with Gasteiger partial charge in [-0.2, -0.15) is 0 Å². The molecule has 1 fully saturated rings. The average molecular weight is 295 g/mol. The standard InChI is InChI=1S/C11H15ClO3S2/c12-11-5-4-8(16-11)7-9(13)10-3-1-2-6-17(10,14)15/h4-5,9-10,13H,1-3,6-7H2. The third kappa shape index (κ3) is 3.22. The normalized spacial score (nSPS) is 25.6. The predicted octanol–water partition coefficient (Wildman–Crippen LogP) is 2.27. The first kappa shape index (κ1) is 13.3. The highest BCUT2D eigenvalue weighted by Crippen LogP contribution is 2.27. The van der Waals surface area contributed by atoms with Gasteiger partial charge in [0.25, 0.3) is 0 Å². The van der Waals surface area contributed by atoms with Crippen LogP contribution in [0.3, 0.4) is 0 Å². The highest BCUT2D eigenvalue weighted by Gasteiger charge is 2.34. The predicted molar refractivity (Wildman–Crippen MR) is 70.5 cm³/mol. The van der Waals surface area contributed by atoms with E-state index in [1.54, 1.807) is 6.07 Å². The third-order valence-corrected chi connectivity index (χ3v) is 6.68. The van der Waals surface area contributed by atoms with E-state index in [4.69, 9.17) is 11.6 Å². The maximum atomic E-state index is 11.8. The van der Waals surface area contributed by atoms with Crippen molar-refractivity contribution in [2.45, 2.75) is 37.0 Å². The first-order valence-electron chi connectivity index (χ1n) is 5.63. The summed E-state index contributed by atoms with van der Waals surface area (Å²) in [6.45, 7) is 0. The van der Waals surface area contributed by atoms with Crippen molar-refractivity contribution in [1.82, 2.24) is 0 Å². The summed E-state index contributed by atoms with van der Waals surface area (Å²) in [6.07, 6.45) is 1.74. The molecule has 1 aromatic rings. The molecule has 0 aromatic carbocycles. The van der Waals surface area contributed by atoms with Gasteiger partial charge in [-0.25, -0.2) is 8.42 Å². The van der Waals surface area contributed by atoms with E-state index in [9.17, 15) is 13.5 Å². The summed E-state index contributed by atoms with van der Waals surface area (Å²) in [6, 6.07) is 3.61. The molecule has 2 atom stereocenters. The Morgan fingerprint density at radius 2 is 2.24 bits per heavy atom. The number of aliphatic hydroxyl groups is 1. The first-order valence-corrected chi connectivity index (χ1v) is 8.54. The van der Waals surface area contributed by atoms with E-state index in [-0.39, 0.29) is 5.75 Å². The van der Waals surface area contributed by atoms with Crippen LogP contribution in [0.2, 0.25) is 4.34 Å². The molecule has 17 heavy (non-hydrogen) atoms. The molecule has 1 aromatic heterocycles. The molecule has 1 N–H and O–H groups in total. The van der Waals surface area contributed by atoms with Crippen molar-refractivity contribution in [3.05, 3.63) is 21.3 Å². The third-order valence-electron chi connectivity index (χ3n) is 3.10. The van der Waals surface area contributed by atoms with Crippen LogP contribution in [0.5, 0.6) is 0 Å². The molecule has 2 unspecified atom stereocenters. The fourth-order valence-electron chi connectivity index (χ4n) is 2.21. The topological polar surface area (TPSA) is 54.4 Å². The van der Waals surface area contributed by atoms with Crippen molar-refractivity contribution in [3.63, 3.8) is 0 Å². The summed E-state index contributed by atoms with van der Waals surface area (Å²) < 4.78 is 24.3. The number of hydrogen-bond donors (Lipinski definition) is 1. The summed E-state index contributed by atoms with van der Waals surface area (Å²) in [7, 11) is -3.11. The molecule has 0 bridgehead atoms. The van der Waals surface area contributed by atoms with E-state index in [2.05, 4.69) is 0 Å². The zero-order valence-electron chi connectivity index (χ0n) is 9.30. The lowest BCUT2D eigenvalue weighted by Gasteiger charge is -2.26. The largest absolute Gasteiger partial charge is 0.391 e. The van der Waals surface area contributed by atoms with Gasteiger partial charge >= 0.3 is 0 Å². The van der Waals surface area contributed by atoms with Gasteiger partial charge in [0.15, 0.2) is 9.84 Å². The van der Waals surface area contributed by atoms with Gasteiger partial charge in [0.2, 0.25) is 0 Å². The van der Waals surface area contributed by atoms with Crippen molar-refractivity contribution in [2.75, 3.05) is 5.75 Å². The van der Waals surface area contributed by atoms with Gasteiger partial charge in [0, 0.05) is 11.3 Å². The molecule has 2 rings (SSSR count). The SMILES string of the molecule is O=S1(=O)CCCCC1C(O)Cc1ccc(Cl)s1. The van der Waals surface area contributed by atoms with E-state index in [1.807, 2.05) is 6.07 Å². The van der Waals surface area contributed by atoms with Crippen LogP contribution >= 0.6 is 22.9 Å². The molecule has 96 valence electrons. The van der Waals surface area contributed by atoms with Crippen LogP contribution in [-0.2, 0) is 16.3 Å². The minimum atomic E-state index is -3.11. The van der Waals surface area contributed by atoms with Crippen LogP contribution in [0.1, 0.15) is 24.1 Å². The van der Waals surface area contributed by atoms with Crippen molar-refractivity contribution in [3.8, 4) is 0 Å². The fourth-order valence-corrected chi connectivity index (χ4v) is 5.36. The Labute approximate surface area is 110 Å². The van der Waals surface area contributed by atoms with Gasteiger partial charge < -0.3 is 5.11 Å². The molecule has 0 spiro atoms. The van der Waals surface area contributed by atoms with Crippen molar-refractivity contribution >= 4 is 32.8 Å². The average Bonchev–Trinajstić information content (AvgIpc) is 2.63. The van der Waals surface area contributed by atoms with Crippen LogP contribution in [0, 0.1) is 0 Å². The molecule has 3 nitrogen and oxygen atoms in total. The van der Waals surface area contributed by atoms with Crippen molar-refractivity contribution < 1.29 is 13.5 Å². The number of halogens is 1. The van der Waals surface area contributed by atoms with Gasteiger partial charge in [-0.3, -0.25) is 0 Å². The summed E-state index contributed by atoms with van der Waals surface area (Å²) in [5.41, 5.74) is 0. The van der Waals surface area contributed by atoms with Gasteiger partial charge in [-0.1, -0.05) is 18.0 Å². The van der Waals surface area contributed by atoms with Gasteiger partial charge in [-0.15, -0.1) is 11.3 Å². The van der Waals surface area contributed by atoms with Gasteiger partial charge in [-0.05, 0) is 25.0 Å². The summed E-state index contributed by atoms with van der Waals surface area (Å²) in [4.78, 5) is 0.934. The minimum absolute atomic E-state index is 0.208. The van der Waals surface area contributed by atoms with E-state index in [0.717, 1.165) is 17.7 Å². The molecule has 2 heterocycles. The lowest BCUT2D eigenvalue weighted by Crippen LogP contribution is -2.39. The van der Waals surface area contributed by atoms with Crippen molar-refractivity contribution in [2.24, 2.45) is 0 Å². The number of rotatable bonds is 3. The Morgan fingerprint density at radius 3 is 2.82 bits per heavy atom. The number of thiophene rings is 1. The Hall–Kier alpha value is -0.100. The smallest absolute Gasteiger partial charge is 0.155 e. The molecule has 1 aliphatic heterocycles. The molecule has 0 radical (unpaired) electrons.